The lowest BCUT2D eigenvalue weighted by molar-refractivity contribution is 0.607. The first-order valence-electron chi connectivity index (χ1n) is 6.93. The minimum Gasteiger partial charge on any atom is -0.143 e. The van der Waals surface area contributed by atoms with Crippen LogP contribution in [0.2, 0.25) is 0 Å². The Kier molecular flexibility index (Phi) is 5.71. The SMILES string of the molecule is CCCCCCCC(Br)c1csc2ccccc12. The van der Waals surface area contributed by atoms with E-state index in [-0.39, 0.29) is 0 Å². The summed E-state index contributed by atoms with van der Waals surface area (Å²) >= 11 is 5.72. The number of fused-ring (bicyclic) bond motifs is 1. The van der Waals surface area contributed by atoms with Gasteiger partial charge in [-0.3, -0.25) is 0 Å². The number of alkyl halides is 1. The topological polar surface area (TPSA) is 0 Å². The van der Waals surface area contributed by atoms with E-state index in [1.54, 1.807) is 0 Å². The Bertz CT molecular complexity index is 475. The fraction of sp³-hybridized carbons (Fsp3) is 0.500. The Balaban J connectivity index is 1.90. The number of unbranched alkanes of at least 4 members (excludes halogenated alkanes) is 4. The van der Waals surface area contributed by atoms with E-state index in [1.165, 1.54) is 54.2 Å². The van der Waals surface area contributed by atoms with Gasteiger partial charge >= 0.3 is 0 Å². The van der Waals surface area contributed by atoms with Gasteiger partial charge in [-0.05, 0) is 28.8 Å². The van der Waals surface area contributed by atoms with Crippen LogP contribution in [-0.2, 0) is 0 Å². The minimum absolute atomic E-state index is 0.523. The van der Waals surface area contributed by atoms with Gasteiger partial charge in [-0.2, -0.15) is 0 Å². The van der Waals surface area contributed by atoms with Gasteiger partial charge in [0.15, 0.2) is 0 Å². The summed E-state index contributed by atoms with van der Waals surface area (Å²) in [6, 6.07) is 8.72. The van der Waals surface area contributed by atoms with Gasteiger partial charge in [0, 0.05) is 9.53 Å². The van der Waals surface area contributed by atoms with Crippen molar-refractivity contribution < 1.29 is 0 Å². The van der Waals surface area contributed by atoms with Gasteiger partial charge in [-0.1, -0.05) is 73.2 Å². The fourth-order valence-corrected chi connectivity index (χ4v) is 4.22. The molecule has 1 heterocycles. The molecule has 1 atom stereocenters. The third kappa shape index (κ3) is 3.58. The quantitative estimate of drug-likeness (QED) is 0.392. The number of halogens is 1. The number of hydrogen-bond acceptors (Lipinski definition) is 1. The molecule has 2 heteroatoms. The summed E-state index contributed by atoms with van der Waals surface area (Å²) in [6.07, 6.45) is 8.06. The zero-order valence-electron chi connectivity index (χ0n) is 11.0. The van der Waals surface area contributed by atoms with Gasteiger partial charge in [-0.15, -0.1) is 11.3 Å². The summed E-state index contributed by atoms with van der Waals surface area (Å²) in [4.78, 5) is 0.523. The Labute approximate surface area is 123 Å². The molecule has 0 saturated heterocycles. The highest BCUT2D eigenvalue weighted by molar-refractivity contribution is 9.09. The summed E-state index contributed by atoms with van der Waals surface area (Å²) in [5.74, 6) is 0. The Morgan fingerprint density at radius 3 is 2.72 bits per heavy atom. The molecule has 1 aromatic heterocycles. The van der Waals surface area contributed by atoms with Crippen LogP contribution in [0.15, 0.2) is 29.6 Å². The van der Waals surface area contributed by atoms with E-state index in [2.05, 4.69) is 52.5 Å². The molecule has 18 heavy (non-hydrogen) atoms. The molecule has 0 amide bonds. The predicted octanol–water partition coefficient (Wildman–Crippen LogP) is 6.70. The summed E-state index contributed by atoms with van der Waals surface area (Å²) in [6.45, 7) is 2.27. The van der Waals surface area contributed by atoms with Gasteiger partial charge < -0.3 is 0 Å². The van der Waals surface area contributed by atoms with Gasteiger partial charge in [0.05, 0.1) is 0 Å². The third-order valence-electron chi connectivity index (χ3n) is 3.41. The zero-order chi connectivity index (χ0) is 12.8. The van der Waals surface area contributed by atoms with E-state index in [4.69, 9.17) is 0 Å². The van der Waals surface area contributed by atoms with Crippen molar-refractivity contribution in [1.29, 1.82) is 0 Å². The van der Waals surface area contributed by atoms with Crippen LogP contribution in [0.4, 0.5) is 0 Å². The largest absolute Gasteiger partial charge is 0.143 e. The fourth-order valence-electron chi connectivity index (χ4n) is 2.32. The van der Waals surface area contributed by atoms with Crippen LogP contribution in [0.1, 0.15) is 55.8 Å². The number of benzene rings is 1. The predicted molar refractivity (Wildman–Crippen MR) is 86.9 cm³/mol. The molecule has 2 rings (SSSR count). The summed E-state index contributed by atoms with van der Waals surface area (Å²) in [7, 11) is 0. The molecule has 2 aromatic rings. The molecule has 0 saturated carbocycles. The molecule has 1 aromatic carbocycles. The molecular weight excluding hydrogens is 304 g/mol. The molecule has 1 unspecified atom stereocenters. The minimum atomic E-state index is 0.523. The highest BCUT2D eigenvalue weighted by atomic mass is 79.9. The monoisotopic (exact) mass is 324 g/mol. The lowest BCUT2D eigenvalue weighted by Gasteiger charge is -2.08. The highest BCUT2D eigenvalue weighted by Crippen LogP contribution is 2.37. The number of hydrogen-bond donors (Lipinski definition) is 0. The second-order valence-electron chi connectivity index (χ2n) is 4.86. The van der Waals surface area contributed by atoms with Crippen LogP contribution in [0.25, 0.3) is 10.1 Å². The van der Waals surface area contributed by atoms with Crippen LogP contribution < -0.4 is 0 Å². The average Bonchev–Trinajstić information content (AvgIpc) is 2.82. The van der Waals surface area contributed by atoms with Crippen LogP contribution in [0, 0.1) is 0 Å². The molecule has 0 aliphatic rings. The van der Waals surface area contributed by atoms with Crippen molar-refractivity contribution in [1.82, 2.24) is 0 Å². The first kappa shape index (κ1) is 14.1. The molecule has 98 valence electrons. The second-order valence-corrected chi connectivity index (χ2v) is 6.87. The average molecular weight is 325 g/mol. The zero-order valence-corrected chi connectivity index (χ0v) is 13.4. The van der Waals surface area contributed by atoms with Crippen molar-refractivity contribution >= 4 is 37.4 Å². The smallest absolute Gasteiger partial charge is 0.0409 e. The van der Waals surface area contributed by atoms with Crippen molar-refractivity contribution in [3.8, 4) is 0 Å². The van der Waals surface area contributed by atoms with E-state index >= 15 is 0 Å². The molecule has 0 aliphatic carbocycles. The van der Waals surface area contributed by atoms with Gasteiger partial charge in [0.25, 0.3) is 0 Å². The van der Waals surface area contributed by atoms with E-state index in [9.17, 15) is 0 Å². The highest BCUT2D eigenvalue weighted by Gasteiger charge is 2.12. The van der Waals surface area contributed by atoms with Crippen LogP contribution >= 0.6 is 27.3 Å². The van der Waals surface area contributed by atoms with E-state index in [0.717, 1.165) is 0 Å². The van der Waals surface area contributed by atoms with Gasteiger partial charge in [-0.25, -0.2) is 0 Å². The molecule has 0 spiro atoms. The number of rotatable bonds is 7. The lowest BCUT2D eigenvalue weighted by Crippen LogP contribution is -1.89. The normalized spacial score (nSPS) is 13.0. The lowest BCUT2D eigenvalue weighted by atomic mass is 10.0. The second kappa shape index (κ2) is 7.30. The van der Waals surface area contributed by atoms with Crippen LogP contribution in [0.5, 0.6) is 0 Å². The van der Waals surface area contributed by atoms with Gasteiger partial charge in [0.2, 0.25) is 0 Å². The molecule has 0 aliphatic heterocycles. The maximum atomic E-state index is 3.86. The summed E-state index contributed by atoms with van der Waals surface area (Å²) in [5.41, 5.74) is 1.48. The third-order valence-corrected chi connectivity index (χ3v) is 5.34. The molecule has 0 N–H and O–H groups in total. The standard InChI is InChI=1S/C16H21BrS/c1-2-3-4-5-6-10-15(17)14-12-18-16-11-8-7-9-13(14)16/h7-9,11-12,15H,2-6,10H2,1H3. The van der Waals surface area contributed by atoms with Gasteiger partial charge in [0.1, 0.15) is 0 Å². The molecule has 0 bridgehead atoms. The van der Waals surface area contributed by atoms with E-state index in [1.807, 2.05) is 11.3 Å². The summed E-state index contributed by atoms with van der Waals surface area (Å²) < 4.78 is 1.41. The Hall–Kier alpha value is -0.340. The van der Waals surface area contributed by atoms with Crippen LogP contribution in [0.3, 0.4) is 0 Å². The number of thiophene rings is 1. The van der Waals surface area contributed by atoms with Crippen LogP contribution in [-0.4, -0.2) is 0 Å². The first-order valence-corrected chi connectivity index (χ1v) is 8.72. The van der Waals surface area contributed by atoms with Crippen molar-refractivity contribution in [2.24, 2.45) is 0 Å². The Morgan fingerprint density at radius 2 is 1.89 bits per heavy atom. The van der Waals surface area contributed by atoms with E-state index in [0.29, 0.717) is 4.83 Å². The summed E-state index contributed by atoms with van der Waals surface area (Å²) in [5, 5.41) is 3.74. The van der Waals surface area contributed by atoms with Crippen molar-refractivity contribution in [3.05, 3.63) is 35.2 Å². The van der Waals surface area contributed by atoms with Crippen molar-refractivity contribution in [3.63, 3.8) is 0 Å². The van der Waals surface area contributed by atoms with Crippen molar-refractivity contribution in [2.75, 3.05) is 0 Å². The van der Waals surface area contributed by atoms with E-state index < -0.39 is 0 Å². The first-order chi connectivity index (χ1) is 8.83. The molecule has 0 radical (unpaired) electrons. The van der Waals surface area contributed by atoms with Crippen molar-refractivity contribution in [2.45, 2.75) is 50.3 Å². The molecule has 0 fully saturated rings. The molecular formula is C16H21BrS. The Morgan fingerprint density at radius 1 is 1.11 bits per heavy atom. The maximum Gasteiger partial charge on any atom is 0.0409 e. The maximum absolute atomic E-state index is 3.86. The molecule has 0 nitrogen and oxygen atoms in total.